The fraction of sp³-hybridized carbons (Fsp3) is 0.500. The van der Waals surface area contributed by atoms with Gasteiger partial charge in [-0.1, -0.05) is 13.8 Å². The molecule has 15 N–H and O–H groups in total. The molecule has 5 amide bonds. The third-order valence-electron chi connectivity index (χ3n) is 7.41. The summed E-state index contributed by atoms with van der Waals surface area (Å²) in [6.07, 6.45) is 1.37. The van der Waals surface area contributed by atoms with Crippen molar-refractivity contribution in [1.82, 2.24) is 31.9 Å². The number of carbonyl (C=O) groups excluding carboxylic acids is 5. The van der Waals surface area contributed by atoms with E-state index in [0.717, 1.165) is 5.56 Å². The molecule has 2 aromatic rings. The first-order chi connectivity index (χ1) is 24.0. The maximum atomic E-state index is 13.4. The number of hydrogen-bond acceptors (Lipinski definition) is 10. The van der Waals surface area contributed by atoms with Gasteiger partial charge in [0.2, 0.25) is 29.5 Å². The minimum Gasteiger partial charge on any atom is -0.423 e. The monoisotopic (exact) mass is 714 g/mol. The van der Waals surface area contributed by atoms with E-state index in [9.17, 15) is 28.8 Å². The number of benzene rings is 1. The zero-order valence-corrected chi connectivity index (χ0v) is 29.1. The van der Waals surface area contributed by atoms with Crippen LogP contribution in [0.2, 0.25) is 0 Å². The summed E-state index contributed by atoms with van der Waals surface area (Å²) in [4.78, 5) is 76.0. The number of fused-ring (bicyclic) bond motifs is 1. The number of rotatable bonds is 20. The van der Waals surface area contributed by atoms with Crippen molar-refractivity contribution in [1.29, 1.82) is 10.8 Å². The molecule has 1 heterocycles. The van der Waals surface area contributed by atoms with Crippen molar-refractivity contribution >= 4 is 58.1 Å². The second-order valence-corrected chi connectivity index (χ2v) is 12.3. The normalized spacial score (nSPS) is 12.6. The molecular formula is C32H50N12O7. The molecule has 19 heteroatoms. The van der Waals surface area contributed by atoms with Gasteiger partial charge < -0.3 is 58.8 Å². The number of nitrogens with one attached hydrogen (secondary N) is 9. The van der Waals surface area contributed by atoms with Crippen LogP contribution in [0.1, 0.15) is 51.5 Å². The first-order valence-electron chi connectivity index (χ1n) is 16.5. The van der Waals surface area contributed by atoms with Crippen molar-refractivity contribution in [2.45, 2.75) is 71.0 Å². The van der Waals surface area contributed by atoms with Crippen LogP contribution in [0.5, 0.6) is 0 Å². The first kappa shape index (κ1) is 41.5. The second kappa shape index (κ2) is 20.7. The Balaban J connectivity index is 1.98. The molecule has 0 saturated heterocycles. The Kier molecular flexibility index (Phi) is 16.8. The van der Waals surface area contributed by atoms with Crippen LogP contribution in [-0.2, 0) is 24.0 Å². The van der Waals surface area contributed by atoms with Crippen molar-refractivity contribution in [3.05, 3.63) is 40.2 Å². The molecule has 0 bridgehead atoms. The highest BCUT2D eigenvalue weighted by Crippen LogP contribution is 2.20. The van der Waals surface area contributed by atoms with E-state index in [1.165, 1.54) is 12.1 Å². The van der Waals surface area contributed by atoms with Crippen LogP contribution in [0.25, 0.3) is 11.0 Å². The van der Waals surface area contributed by atoms with Crippen LogP contribution >= 0.6 is 0 Å². The zero-order chi connectivity index (χ0) is 38.1. The molecule has 51 heavy (non-hydrogen) atoms. The summed E-state index contributed by atoms with van der Waals surface area (Å²) in [6.45, 7) is 5.12. The summed E-state index contributed by atoms with van der Waals surface area (Å²) in [5.74, 6) is -3.63. The number of aryl methyl sites for hydroxylation is 1. The van der Waals surface area contributed by atoms with Gasteiger partial charge in [0, 0.05) is 36.3 Å². The molecule has 0 spiro atoms. The van der Waals surface area contributed by atoms with E-state index in [-0.39, 0.29) is 43.6 Å². The quantitative estimate of drug-likeness (QED) is 0.0311. The van der Waals surface area contributed by atoms with E-state index in [1.807, 2.05) is 13.8 Å². The third-order valence-corrected chi connectivity index (χ3v) is 7.41. The van der Waals surface area contributed by atoms with E-state index >= 15 is 0 Å². The van der Waals surface area contributed by atoms with E-state index in [2.05, 4.69) is 37.2 Å². The fourth-order valence-corrected chi connectivity index (χ4v) is 4.87. The van der Waals surface area contributed by atoms with Crippen LogP contribution in [0.15, 0.2) is 33.5 Å². The van der Waals surface area contributed by atoms with Crippen LogP contribution in [0, 0.1) is 23.7 Å². The molecule has 0 aliphatic carbocycles. The zero-order valence-electron chi connectivity index (χ0n) is 29.1. The minimum atomic E-state index is -1.13. The van der Waals surface area contributed by atoms with E-state index in [0.29, 0.717) is 36.0 Å². The Morgan fingerprint density at radius 1 is 0.784 bits per heavy atom. The highest BCUT2D eigenvalue weighted by atomic mass is 16.4. The van der Waals surface area contributed by atoms with Crippen LogP contribution < -0.4 is 60.0 Å². The average molecular weight is 715 g/mol. The van der Waals surface area contributed by atoms with E-state index < -0.39 is 66.4 Å². The largest absolute Gasteiger partial charge is 0.423 e. The van der Waals surface area contributed by atoms with Gasteiger partial charge >= 0.3 is 5.63 Å². The van der Waals surface area contributed by atoms with Gasteiger partial charge in [-0.05, 0) is 62.6 Å². The summed E-state index contributed by atoms with van der Waals surface area (Å²) in [7, 11) is 0. The van der Waals surface area contributed by atoms with Gasteiger partial charge in [0.25, 0.3) is 0 Å². The molecule has 1 aromatic carbocycles. The van der Waals surface area contributed by atoms with Crippen molar-refractivity contribution in [3.8, 4) is 0 Å². The Morgan fingerprint density at radius 3 is 2.02 bits per heavy atom. The number of carbonyl (C=O) groups is 5. The number of guanidine groups is 2. The first-order valence-corrected chi connectivity index (χ1v) is 16.5. The molecule has 280 valence electrons. The molecular weight excluding hydrogens is 664 g/mol. The number of nitrogens with two attached hydrogens (primary N) is 3. The van der Waals surface area contributed by atoms with Crippen molar-refractivity contribution in [2.24, 2.45) is 23.1 Å². The highest BCUT2D eigenvalue weighted by molar-refractivity contribution is 5.97. The molecule has 0 radical (unpaired) electrons. The third kappa shape index (κ3) is 15.6. The van der Waals surface area contributed by atoms with Crippen LogP contribution in [-0.4, -0.2) is 85.8 Å². The summed E-state index contributed by atoms with van der Waals surface area (Å²) >= 11 is 0. The Labute approximate surface area is 295 Å². The molecule has 3 atom stereocenters. The molecule has 19 nitrogen and oxygen atoms in total. The van der Waals surface area contributed by atoms with Gasteiger partial charge in [-0.25, -0.2) is 4.79 Å². The van der Waals surface area contributed by atoms with Gasteiger partial charge in [-0.2, -0.15) is 0 Å². The number of anilines is 1. The maximum Gasteiger partial charge on any atom is 0.336 e. The second-order valence-electron chi connectivity index (χ2n) is 12.3. The minimum absolute atomic E-state index is 0.0175. The van der Waals surface area contributed by atoms with Crippen LogP contribution in [0.4, 0.5) is 5.69 Å². The standard InChI is InChI=1S/C32H50N12O7/c1-17(2)12-23(44-28(48)21(33)6-4-10-38-31(34)35)30(50)43-22(7-5-11-39-32(36)37)29(49)41-15-25(45)40-16-26(46)42-19-8-9-20-18(3)13-27(47)51-24(20)14-19/h8-9,13-14,17,21-23H,4-7,10-12,15-16,33H2,1-3H3,(H,40,45)(H,41,49)(H,42,46)(H,43,50)(H,44,48)(H4,34,35,38)(H4,36,37,39)/t21-,22-,23-/m0/s1. The molecule has 1 aromatic heterocycles. The lowest BCUT2D eigenvalue weighted by atomic mass is 10.0. The Bertz CT molecular complexity index is 1630. The number of amides is 5. The lowest BCUT2D eigenvalue weighted by Gasteiger charge is -2.25. The summed E-state index contributed by atoms with van der Waals surface area (Å²) in [5, 5.41) is 33.2. The molecule has 0 saturated carbocycles. The van der Waals surface area contributed by atoms with Crippen molar-refractivity contribution < 1.29 is 28.4 Å². The van der Waals surface area contributed by atoms with Gasteiger partial charge in [-0.15, -0.1) is 0 Å². The van der Waals surface area contributed by atoms with Gasteiger partial charge in [0.1, 0.15) is 17.7 Å². The van der Waals surface area contributed by atoms with E-state index in [1.54, 1.807) is 19.1 Å². The van der Waals surface area contributed by atoms with Gasteiger partial charge in [0.05, 0.1) is 19.1 Å². The fourth-order valence-electron chi connectivity index (χ4n) is 4.87. The SMILES string of the molecule is Cc1cc(=O)oc2cc(NC(=O)CNC(=O)CNC(=O)[C@H](CCCNC(=N)N)NC(=O)[C@H](CC(C)C)NC(=O)[C@@H](N)CCCNC(=N)N)ccc12. The predicted octanol–water partition coefficient (Wildman–Crippen LogP) is -1.86. The predicted molar refractivity (Wildman–Crippen MR) is 191 cm³/mol. The lowest BCUT2D eigenvalue weighted by Crippen LogP contribution is -2.56. The highest BCUT2D eigenvalue weighted by Gasteiger charge is 2.29. The average Bonchev–Trinajstić information content (AvgIpc) is 3.04. The molecule has 0 aliphatic rings. The van der Waals surface area contributed by atoms with Crippen LogP contribution in [0.3, 0.4) is 0 Å². The smallest absolute Gasteiger partial charge is 0.336 e. The summed E-state index contributed by atoms with van der Waals surface area (Å²) in [6, 6.07) is 3.08. The summed E-state index contributed by atoms with van der Waals surface area (Å²) in [5.41, 5.74) is 17.4. The molecule has 0 fully saturated rings. The van der Waals surface area contributed by atoms with E-state index in [4.69, 9.17) is 32.4 Å². The Morgan fingerprint density at radius 2 is 1.39 bits per heavy atom. The van der Waals surface area contributed by atoms with Gasteiger partial charge in [-0.3, -0.25) is 34.8 Å². The topological polar surface area (TPSA) is 326 Å². The number of hydrogen-bond donors (Lipinski definition) is 12. The Hall–Kier alpha value is -5.72. The van der Waals surface area contributed by atoms with Gasteiger partial charge in [0.15, 0.2) is 11.9 Å². The lowest BCUT2D eigenvalue weighted by molar-refractivity contribution is -0.133. The maximum absolute atomic E-state index is 13.4. The molecule has 0 aliphatic heterocycles. The van der Waals surface area contributed by atoms with Crippen molar-refractivity contribution in [2.75, 3.05) is 31.5 Å². The van der Waals surface area contributed by atoms with Crippen molar-refractivity contribution in [3.63, 3.8) is 0 Å². The molecule has 0 unspecified atom stereocenters. The molecule has 2 rings (SSSR count). The summed E-state index contributed by atoms with van der Waals surface area (Å²) < 4.78 is 5.18.